The van der Waals surface area contributed by atoms with Crippen molar-refractivity contribution in [3.05, 3.63) is 65.2 Å². The molecule has 2 rings (SSSR count). The Morgan fingerprint density at radius 2 is 1.67 bits per heavy atom. The molecule has 5 nitrogen and oxygen atoms in total. The van der Waals surface area contributed by atoms with Crippen molar-refractivity contribution in [3.8, 4) is 0 Å². The number of carbonyl (C=O) groups is 3. The highest BCUT2D eigenvalue weighted by Crippen LogP contribution is 2.13. The van der Waals surface area contributed by atoms with Gasteiger partial charge < -0.3 is 10.1 Å². The molecule has 0 aromatic heterocycles. The van der Waals surface area contributed by atoms with Crippen LogP contribution in [-0.2, 0) is 9.53 Å². The molecule has 0 heterocycles. The number of carbonyl (C=O) groups excluding carboxylic acids is 3. The van der Waals surface area contributed by atoms with E-state index < -0.39 is 18.0 Å². The predicted octanol–water partition coefficient (Wildman–Crippen LogP) is 3.38. The number of rotatable bonds is 5. The molecule has 0 bridgehead atoms. The van der Waals surface area contributed by atoms with Gasteiger partial charge in [0.25, 0.3) is 5.91 Å². The van der Waals surface area contributed by atoms with E-state index in [-0.39, 0.29) is 5.78 Å². The van der Waals surface area contributed by atoms with Crippen molar-refractivity contribution in [1.82, 2.24) is 0 Å². The normalized spacial score (nSPS) is 11.5. The van der Waals surface area contributed by atoms with E-state index in [0.29, 0.717) is 16.8 Å². The molecule has 1 N–H and O–H groups in total. The number of ketones is 1. The standard InChI is InChI=1S/C19H19NO4/c1-12-7-9-15(10-8-12)19(23)24-14(3)18(22)20-17-6-4-5-16(11-17)13(2)21/h4-11,14H,1-3H3,(H,20,22). The largest absolute Gasteiger partial charge is 0.449 e. The van der Waals surface area contributed by atoms with Crippen molar-refractivity contribution >= 4 is 23.3 Å². The van der Waals surface area contributed by atoms with E-state index in [1.807, 2.05) is 6.92 Å². The fourth-order valence-corrected chi connectivity index (χ4v) is 2.03. The van der Waals surface area contributed by atoms with Crippen LogP contribution in [0.4, 0.5) is 5.69 Å². The number of Topliss-reactive ketones (excluding diaryl/α,β-unsaturated/α-hetero) is 1. The summed E-state index contributed by atoms with van der Waals surface area (Å²) in [6.07, 6.45) is -0.959. The Bertz CT molecular complexity index is 765. The zero-order valence-corrected chi connectivity index (χ0v) is 13.8. The third-order valence-electron chi connectivity index (χ3n) is 3.48. The summed E-state index contributed by atoms with van der Waals surface area (Å²) < 4.78 is 5.17. The summed E-state index contributed by atoms with van der Waals surface area (Å²) in [5.74, 6) is -1.11. The first-order valence-corrected chi connectivity index (χ1v) is 7.56. The van der Waals surface area contributed by atoms with Gasteiger partial charge in [0, 0.05) is 11.3 Å². The molecule has 0 aliphatic rings. The fraction of sp³-hybridized carbons (Fsp3) is 0.211. The Morgan fingerprint density at radius 3 is 2.29 bits per heavy atom. The molecular weight excluding hydrogens is 306 g/mol. The molecule has 1 amide bonds. The van der Waals surface area contributed by atoms with E-state index in [4.69, 9.17) is 4.74 Å². The van der Waals surface area contributed by atoms with E-state index in [1.54, 1.807) is 48.5 Å². The topological polar surface area (TPSA) is 72.5 Å². The lowest BCUT2D eigenvalue weighted by atomic mass is 10.1. The quantitative estimate of drug-likeness (QED) is 0.675. The lowest BCUT2D eigenvalue weighted by Crippen LogP contribution is -2.30. The monoisotopic (exact) mass is 325 g/mol. The number of amides is 1. The molecule has 0 radical (unpaired) electrons. The molecule has 2 aromatic carbocycles. The van der Waals surface area contributed by atoms with Crippen LogP contribution in [0.15, 0.2) is 48.5 Å². The van der Waals surface area contributed by atoms with Crippen LogP contribution in [0.3, 0.4) is 0 Å². The highest BCUT2D eigenvalue weighted by Gasteiger charge is 2.19. The maximum atomic E-state index is 12.1. The van der Waals surface area contributed by atoms with Gasteiger partial charge in [0.15, 0.2) is 11.9 Å². The molecule has 0 fully saturated rings. The lowest BCUT2D eigenvalue weighted by Gasteiger charge is -2.14. The Morgan fingerprint density at radius 1 is 1.00 bits per heavy atom. The van der Waals surface area contributed by atoms with Gasteiger partial charge in [-0.15, -0.1) is 0 Å². The van der Waals surface area contributed by atoms with Gasteiger partial charge in [0.1, 0.15) is 0 Å². The minimum Gasteiger partial charge on any atom is -0.449 e. The molecule has 0 spiro atoms. The summed E-state index contributed by atoms with van der Waals surface area (Å²) in [6.45, 7) is 4.86. The third kappa shape index (κ3) is 4.52. The van der Waals surface area contributed by atoms with Gasteiger partial charge in [0.2, 0.25) is 0 Å². The summed E-state index contributed by atoms with van der Waals surface area (Å²) >= 11 is 0. The minimum absolute atomic E-state index is 0.0926. The number of hydrogen-bond donors (Lipinski definition) is 1. The fourth-order valence-electron chi connectivity index (χ4n) is 2.03. The van der Waals surface area contributed by atoms with Crippen LogP contribution in [0.25, 0.3) is 0 Å². The number of nitrogens with one attached hydrogen (secondary N) is 1. The second kappa shape index (κ2) is 7.55. The van der Waals surface area contributed by atoms with Crippen molar-refractivity contribution < 1.29 is 19.1 Å². The van der Waals surface area contributed by atoms with Crippen LogP contribution in [0, 0.1) is 6.92 Å². The molecule has 1 atom stereocenters. The SMILES string of the molecule is CC(=O)c1cccc(NC(=O)C(C)OC(=O)c2ccc(C)cc2)c1. The number of hydrogen-bond acceptors (Lipinski definition) is 4. The zero-order valence-electron chi connectivity index (χ0n) is 13.8. The first-order valence-electron chi connectivity index (χ1n) is 7.56. The third-order valence-corrected chi connectivity index (χ3v) is 3.48. The number of anilines is 1. The molecule has 0 aliphatic carbocycles. The summed E-state index contributed by atoms with van der Waals surface area (Å²) in [5.41, 5.74) is 2.39. The van der Waals surface area contributed by atoms with Gasteiger partial charge >= 0.3 is 5.97 Å². The molecule has 0 aliphatic heterocycles. The second-order valence-electron chi connectivity index (χ2n) is 5.54. The Labute approximate surface area is 140 Å². The van der Waals surface area contributed by atoms with E-state index in [9.17, 15) is 14.4 Å². The summed E-state index contributed by atoms with van der Waals surface area (Å²) in [7, 11) is 0. The Hall–Kier alpha value is -2.95. The van der Waals surface area contributed by atoms with E-state index in [2.05, 4.69) is 5.32 Å². The van der Waals surface area contributed by atoms with Crippen LogP contribution >= 0.6 is 0 Å². The average molecular weight is 325 g/mol. The van der Waals surface area contributed by atoms with Crippen molar-refractivity contribution in [2.75, 3.05) is 5.32 Å². The molecule has 0 saturated carbocycles. The van der Waals surface area contributed by atoms with Crippen molar-refractivity contribution in [1.29, 1.82) is 0 Å². The molecular formula is C19H19NO4. The number of ether oxygens (including phenoxy) is 1. The van der Waals surface area contributed by atoms with E-state index in [0.717, 1.165) is 5.56 Å². The molecule has 0 saturated heterocycles. The first kappa shape index (κ1) is 17.4. The van der Waals surface area contributed by atoms with Crippen molar-refractivity contribution in [2.24, 2.45) is 0 Å². The number of aryl methyl sites for hydroxylation is 1. The van der Waals surface area contributed by atoms with E-state index >= 15 is 0 Å². The smallest absolute Gasteiger partial charge is 0.338 e. The van der Waals surface area contributed by atoms with Gasteiger partial charge in [-0.3, -0.25) is 9.59 Å². The van der Waals surface area contributed by atoms with Crippen LogP contribution < -0.4 is 5.32 Å². The molecule has 5 heteroatoms. The minimum atomic E-state index is -0.959. The van der Waals surface area contributed by atoms with Gasteiger partial charge in [-0.1, -0.05) is 29.8 Å². The number of esters is 1. The van der Waals surface area contributed by atoms with Gasteiger partial charge in [-0.25, -0.2) is 4.79 Å². The summed E-state index contributed by atoms with van der Waals surface area (Å²) in [4.78, 5) is 35.5. The van der Waals surface area contributed by atoms with E-state index in [1.165, 1.54) is 13.8 Å². The maximum Gasteiger partial charge on any atom is 0.338 e. The Kier molecular flexibility index (Phi) is 5.47. The van der Waals surface area contributed by atoms with Gasteiger partial charge in [-0.05, 0) is 45.0 Å². The molecule has 2 aromatic rings. The van der Waals surface area contributed by atoms with Crippen LogP contribution in [-0.4, -0.2) is 23.8 Å². The summed E-state index contributed by atoms with van der Waals surface area (Å²) in [5, 5.41) is 2.63. The predicted molar refractivity (Wildman–Crippen MR) is 91.1 cm³/mol. The highest BCUT2D eigenvalue weighted by atomic mass is 16.5. The van der Waals surface area contributed by atoms with Crippen LogP contribution in [0.5, 0.6) is 0 Å². The van der Waals surface area contributed by atoms with Gasteiger partial charge in [0.05, 0.1) is 5.56 Å². The van der Waals surface area contributed by atoms with Crippen LogP contribution in [0.1, 0.15) is 40.1 Å². The number of benzene rings is 2. The Balaban J connectivity index is 1.99. The zero-order chi connectivity index (χ0) is 17.7. The highest BCUT2D eigenvalue weighted by molar-refractivity contribution is 5.99. The lowest BCUT2D eigenvalue weighted by molar-refractivity contribution is -0.123. The summed E-state index contributed by atoms with van der Waals surface area (Å²) in [6, 6.07) is 13.5. The van der Waals surface area contributed by atoms with Gasteiger partial charge in [-0.2, -0.15) is 0 Å². The first-order chi connectivity index (χ1) is 11.4. The van der Waals surface area contributed by atoms with Crippen LogP contribution in [0.2, 0.25) is 0 Å². The molecule has 1 unspecified atom stereocenters. The maximum absolute atomic E-state index is 12.1. The second-order valence-corrected chi connectivity index (χ2v) is 5.54. The van der Waals surface area contributed by atoms with Crippen molar-refractivity contribution in [3.63, 3.8) is 0 Å². The van der Waals surface area contributed by atoms with Crippen molar-refractivity contribution in [2.45, 2.75) is 26.9 Å². The molecule has 24 heavy (non-hydrogen) atoms. The average Bonchev–Trinajstić information content (AvgIpc) is 2.55. The molecule has 124 valence electrons.